The van der Waals surface area contributed by atoms with Crippen molar-refractivity contribution in [3.63, 3.8) is 0 Å². The van der Waals surface area contributed by atoms with Crippen LogP contribution >= 0.6 is 0 Å². The van der Waals surface area contributed by atoms with Crippen LogP contribution in [0.15, 0.2) is 0 Å². The summed E-state index contributed by atoms with van der Waals surface area (Å²) in [6.45, 7) is 62.5. The molecule has 5 heteroatoms. The van der Waals surface area contributed by atoms with Gasteiger partial charge in [0.05, 0.1) is 0 Å². The Kier molecular flexibility index (Phi) is 37.4. The highest BCUT2D eigenvalue weighted by atomic mass is 15.1. The van der Waals surface area contributed by atoms with Crippen LogP contribution in [-0.4, -0.2) is 99.3 Å². The molecule has 0 aromatic carbocycles. The minimum Gasteiger partial charge on any atom is -0.314 e. The SMILES string of the molecule is CC(C)(C)CNC1CCCCC1.CC(C)CNC(C)CC(C)(C)C.CCCCN(C)CCCC(C)(C)C.CCN(CC)CC(C)(C)C.CCN(CC1CCCC1)CC(C)(C)C. The van der Waals surface area contributed by atoms with Crippen molar-refractivity contribution in [2.75, 3.05) is 72.5 Å². The zero-order valence-electron chi connectivity index (χ0n) is 47.1. The molecule has 2 fully saturated rings. The monoisotopic (exact) mass is 866 g/mol. The Bertz CT molecular complexity index is 924. The van der Waals surface area contributed by atoms with E-state index in [1.165, 1.54) is 142 Å². The van der Waals surface area contributed by atoms with Crippen LogP contribution in [0.25, 0.3) is 0 Å². The second-order valence-electron chi connectivity index (χ2n) is 26.1. The molecule has 0 spiro atoms. The van der Waals surface area contributed by atoms with Crippen molar-refractivity contribution < 1.29 is 0 Å². The largest absolute Gasteiger partial charge is 0.314 e. The van der Waals surface area contributed by atoms with E-state index in [1.54, 1.807) is 0 Å². The normalized spacial score (nSPS) is 16.4. The molecule has 61 heavy (non-hydrogen) atoms. The van der Waals surface area contributed by atoms with Crippen molar-refractivity contribution in [3.05, 3.63) is 0 Å². The molecule has 2 N–H and O–H groups in total. The molecule has 5 nitrogen and oxygen atoms in total. The Morgan fingerprint density at radius 2 is 1.00 bits per heavy atom. The van der Waals surface area contributed by atoms with Gasteiger partial charge in [-0.05, 0) is 144 Å². The van der Waals surface area contributed by atoms with Crippen molar-refractivity contribution >= 4 is 0 Å². The molecule has 2 saturated carbocycles. The van der Waals surface area contributed by atoms with E-state index < -0.39 is 0 Å². The standard InChI is InChI=1S/C13H27N.C12H27N.C11H23N.C11H25N.C9H21N/c1-5-14(11-13(2,3)4)10-12-8-6-7-9-12;1-6-7-10-13(5)11-8-9-12(2,3)4;1-11(2,3)9-12-10-7-5-4-6-8-10;1-9(2)8-12-10(3)7-11(4,5)6;1-6-10(7-2)8-9(3,4)5/h12H,5-11H2,1-4H3;6-11H2,1-5H3;10,12H,4-9H2,1-3H3;9-10,12H,7-8H2,1-6H3;6-8H2,1-5H3. The van der Waals surface area contributed by atoms with Crippen LogP contribution < -0.4 is 10.6 Å². The third kappa shape index (κ3) is 52.3. The summed E-state index contributed by atoms with van der Waals surface area (Å²) in [7, 11) is 2.23. The molecular formula is C56H123N5. The van der Waals surface area contributed by atoms with Crippen molar-refractivity contribution in [1.82, 2.24) is 25.3 Å². The molecule has 1 unspecified atom stereocenters. The van der Waals surface area contributed by atoms with Crippen molar-refractivity contribution in [2.45, 2.75) is 254 Å². The first-order chi connectivity index (χ1) is 27.8. The van der Waals surface area contributed by atoms with E-state index in [1.807, 2.05) is 0 Å². The predicted molar refractivity (Wildman–Crippen MR) is 283 cm³/mol. The van der Waals surface area contributed by atoms with Gasteiger partial charge in [0.1, 0.15) is 0 Å². The van der Waals surface area contributed by atoms with Crippen LogP contribution in [0.3, 0.4) is 0 Å². The number of unbranched alkanes of at least 4 members (excludes halogenated alkanes) is 1. The highest BCUT2D eigenvalue weighted by Crippen LogP contribution is 2.27. The van der Waals surface area contributed by atoms with E-state index in [-0.39, 0.29) is 0 Å². The Hall–Kier alpha value is -0.200. The molecule has 1 atom stereocenters. The molecule has 2 rings (SSSR count). The van der Waals surface area contributed by atoms with E-state index in [0.29, 0.717) is 33.1 Å². The third-order valence-corrected chi connectivity index (χ3v) is 11.4. The predicted octanol–water partition coefficient (Wildman–Crippen LogP) is 15.5. The van der Waals surface area contributed by atoms with Gasteiger partial charge in [-0.2, -0.15) is 0 Å². The second-order valence-corrected chi connectivity index (χ2v) is 26.1. The summed E-state index contributed by atoms with van der Waals surface area (Å²) < 4.78 is 0. The lowest BCUT2D eigenvalue weighted by Crippen LogP contribution is -2.36. The van der Waals surface area contributed by atoms with Gasteiger partial charge in [-0.15, -0.1) is 0 Å². The van der Waals surface area contributed by atoms with Crippen molar-refractivity contribution in [1.29, 1.82) is 0 Å². The molecule has 372 valence electrons. The number of rotatable bonds is 19. The average molecular weight is 867 g/mol. The molecule has 2 aliphatic rings. The Morgan fingerprint density at radius 1 is 0.541 bits per heavy atom. The molecule has 0 saturated heterocycles. The molecule has 0 aromatic rings. The molecule has 0 bridgehead atoms. The zero-order valence-corrected chi connectivity index (χ0v) is 47.1. The average Bonchev–Trinajstić information content (AvgIpc) is 3.63. The van der Waals surface area contributed by atoms with Crippen LogP contribution in [-0.2, 0) is 0 Å². The lowest BCUT2D eigenvalue weighted by molar-refractivity contribution is 0.174. The smallest absolute Gasteiger partial charge is 0.00672 e. The van der Waals surface area contributed by atoms with E-state index in [4.69, 9.17) is 0 Å². The van der Waals surface area contributed by atoms with Crippen molar-refractivity contribution in [2.24, 2.45) is 38.9 Å². The van der Waals surface area contributed by atoms with Crippen LogP contribution in [0.5, 0.6) is 0 Å². The number of nitrogens with zero attached hydrogens (tertiary/aromatic N) is 3. The van der Waals surface area contributed by atoms with Crippen molar-refractivity contribution in [3.8, 4) is 0 Å². The summed E-state index contributed by atoms with van der Waals surface area (Å²) in [5, 5.41) is 7.20. The third-order valence-electron chi connectivity index (χ3n) is 11.4. The Labute approximate surface area is 389 Å². The van der Waals surface area contributed by atoms with E-state index in [0.717, 1.165) is 31.0 Å². The summed E-state index contributed by atoms with van der Waals surface area (Å²) in [6, 6.07) is 1.46. The molecule has 2 aliphatic carbocycles. The van der Waals surface area contributed by atoms with Gasteiger partial charge in [0, 0.05) is 38.3 Å². The van der Waals surface area contributed by atoms with Crippen LogP contribution in [0.1, 0.15) is 242 Å². The first kappa shape index (κ1) is 65.1. The summed E-state index contributed by atoms with van der Waals surface area (Å²) in [4.78, 5) is 7.55. The second kappa shape index (κ2) is 35.1. The Morgan fingerprint density at radius 3 is 1.38 bits per heavy atom. The molecule has 0 radical (unpaired) electrons. The fourth-order valence-corrected chi connectivity index (χ4v) is 8.26. The maximum Gasteiger partial charge on any atom is 0.00672 e. The van der Waals surface area contributed by atoms with Gasteiger partial charge in [0.2, 0.25) is 0 Å². The summed E-state index contributed by atoms with van der Waals surface area (Å²) in [6.07, 6.45) is 19.6. The topological polar surface area (TPSA) is 33.8 Å². The molecule has 0 heterocycles. The van der Waals surface area contributed by atoms with Gasteiger partial charge < -0.3 is 25.3 Å². The fourth-order valence-electron chi connectivity index (χ4n) is 8.26. The van der Waals surface area contributed by atoms with Gasteiger partial charge in [-0.1, -0.05) is 184 Å². The van der Waals surface area contributed by atoms with Crippen LogP contribution in [0.2, 0.25) is 0 Å². The molecular weight excluding hydrogens is 743 g/mol. The fraction of sp³-hybridized carbons (Fsp3) is 1.00. The number of hydrogen-bond donors (Lipinski definition) is 2. The first-order valence-corrected chi connectivity index (χ1v) is 26.4. The quantitative estimate of drug-likeness (QED) is 0.135. The van der Waals surface area contributed by atoms with Crippen LogP contribution in [0.4, 0.5) is 0 Å². The van der Waals surface area contributed by atoms with E-state index in [2.05, 4.69) is 185 Å². The summed E-state index contributed by atoms with van der Waals surface area (Å²) >= 11 is 0. The highest BCUT2D eigenvalue weighted by Gasteiger charge is 2.21. The summed E-state index contributed by atoms with van der Waals surface area (Å²) in [5.41, 5.74) is 2.30. The number of nitrogens with one attached hydrogen (secondary N) is 2. The first-order valence-electron chi connectivity index (χ1n) is 26.4. The maximum absolute atomic E-state index is 3.66. The lowest BCUT2D eigenvalue weighted by Gasteiger charge is -2.30. The van der Waals surface area contributed by atoms with Crippen LogP contribution in [0, 0.1) is 38.9 Å². The summed E-state index contributed by atoms with van der Waals surface area (Å²) in [5.74, 6) is 1.75. The zero-order chi connectivity index (χ0) is 47.9. The van der Waals surface area contributed by atoms with Gasteiger partial charge >= 0.3 is 0 Å². The van der Waals surface area contributed by atoms with Gasteiger partial charge in [-0.25, -0.2) is 0 Å². The minimum absolute atomic E-state index is 0.442. The van der Waals surface area contributed by atoms with E-state index in [9.17, 15) is 0 Å². The van der Waals surface area contributed by atoms with Gasteiger partial charge in [0.15, 0.2) is 0 Å². The van der Waals surface area contributed by atoms with Gasteiger partial charge in [-0.3, -0.25) is 0 Å². The lowest BCUT2D eigenvalue weighted by atomic mass is 9.88. The number of hydrogen-bond acceptors (Lipinski definition) is 5. The minimum atomic E-state index is 0.442. The Balaban J connectivity index is -0.000000692. The molecule has 0 amide bonds. The van der Waals surface area contributed by atoms with E-state index >= 15 is 0 Å². The highest BCUT2D eigenvalue weighted by molar-refractivity contribution is 4.76. The molecule has 0 aliphatic heterocycles. The molecule has 0 aromatic heterocycles. The van der Waals surface area contributed by atoms with Gasteiger partial charge in [0.25, 0.3) is 0 Å². The maximum atomic E-state index is 3.66.